The lowest BCUT2D eigenvalue weighted by Gasteiger charge is -2.28. The van der Waals surface area contributed by atoms with Crippen LogP contribution in [0.1, 0.15) is 61.6 Å². The molecule has 1 aliphatic carbocycles. The molecule has 0 bridgehead atoms. The Kier molecular flexibility index (Phi) is 3.90. The summed E-state index contributed by atoms with van der Waals surface area (Å²) in [5.74, 6) is 2.44. The van der Waals surface area contributed by atoms with Gasteiger partial charge >= 0.3 is 0 Å². The molecule has 6 heteroatoms. The average Bonchev–Trinajstić information content (AvgIpc) is 3.43. The van der Waals surface area contributed by atoms with Gasteiger partial charge in [0.25, 0.3) is 5.56 Å². The summed E-state index contributed by atoms with van der Waals surface area (Å²) in [6.45, 7) is 6.68. The molecule has 2 aliphatic rings. The van der Waals surface area contributed by atoms with Crippen LogP contribution in [0.2, 0.25) is 0 Å². The molecule has 0 radical (unpaired) electrons. The topological polar surface area (TPSA) is 66.8 Å². The smallest absolute Gasteiger partial charge is 0.255 e. The number of rotatable bonds is 4. The first-order valence-electron chi connectivity index (χ1n) is 9.90. The molecule has 0 amide bonds. The van der Waals surface area contributed by atoms with Crippen molar-refractivity contribution in [2.24, 2.45) is 0 Å². The number of nitrogens with zero attached hydrogens (tertiary/aromatic N) is 4. The lowest BCUT2D eigenvalue weighted by molar-refractivity contribution is 0.231. The van der Waals surface area contributed by atoms with Crippen molar-refractivity contribution < 1.29 is 0 Å². The van der Waals surface area contributed by atoms with Crippen LogP contribution >= 0.6 is 0 Å². The lowest BCUT2D eigenvalue weighted by atomic mass is 10.1. The Labute approximate surface area is 158 Å². The summed E-state index contributed by atoms with van der Waals surface area (Å²) in [5.41, 5.74) is 4.08. The van der Waals surface area contributed by atoms with E-state index in [-0.39, 0.29) is 5.56 Å². The van der Waals surface area contributed by atoms with E-state index in [1.807, 2.05) is 6.07 Å². The zero-order chi connectivity index (χ0) is 18.5. The van der Waals surface area contributed by atoms with Crippen molar-refractivity contribution in [3.63, 3.8) is 0 Å². The molecule has 0 spiro atoms. The average molecular weight is 363 g/mol. The van der Waals surface area contributed by atoms with Crippen LogP contribution in [0.4, 0.5) is 0 Å². The number of para-hydroxylation sites is 2. The van der Waals surface area contributed by atoms with E-state index in [0.717, 1.165) is 60.8 Å². The molecule has 1 aromatic carbocycles. The fraction of sp³-hybridized carbons (Fsp3) is 0.476. The van der Waals surface area contributed by atoms with E-state index in [1.165, 1.54) is 5.52 Å². The van der Waals surface area contributed by atoms with Gasteiger partial charge in [0.1, 0.15) is 11.6 Å². The quantitative estimate of drug-likeness (QED) is 0.773. The monoisotopic (exact) mass is 363 g/mol. The van der Waals surface area contributed by atoms with Gasteiger partial charge in [-0.25, -0.2) is 9.97 Å². The predicted octanol–water partition coefficient (Wildman–Crippen LogP) is 3.14. The summed E-state index contributed by atoms with van der Waals surface area (Å²) >= 11 is 0. The lowest BCUT2D eigenvalue weighted by Crippen LogP contribution is -2.36. The molecule has 1 N–H and O–H groups in total. The molecule has 1 aliphatic heterocycles. The van der Waals surface area contributed by atoms with E-state index in [9.17, 15) is 4.79 Å². The minimum Gasteiger partial charge on any atom is -0.324 e. The highest BCUT2D eigenvalue weighted by Crippen LogP contribution is 2.37. The second-order valence-corrected chi connectivity index (χ2v) is 8.09. The first-order valence-corrected chi connectivity index (χ1v) is 9.90. The molecule has 0 unspecified atom stereocenters. The number of hydrogen-bond acceptors (Lipinski definition) is 4. The second-order valence-electron chi connectivity index (χ2n) is 8.09. The number of benzene rings is 1. The largest absolute Gasteiger partial charge is 0.324 e. The molecule has 1 saturated carbocycles. The van der Waals surface area contributed by atoms with Crippen molar-refractivity contribution in [3.8, 4) is 0 Å². The number of aromatic amines is 1. The van der Waals surface area contributed by atoms with Crippen LogP contribution in [-0.2, 0) is 19.5 Å². The van der Waals surface area contributed by atoms with Gasteiger partial charge in [-0.05, 0) is 38.8 Å². The van der Waals surface area contributed by atoms with Crippen molar-refractivity contribution in [2.75, 3.05) is 6.54 Å². The summed E-state index contributed by atoms with van der Waals surface area (Å²) < 4.78 is 2.31. The third kappa shape index (κ3) is 2.98. The normalized spacial score (nSPS) is 17.6. The first-order chi connectivity index (χ1) is 13.1. The molecule has 27 heavy (non-hydrogen) atoms. The second kappa shape index (κ2) is 6.30. The zero-order valence-corrected chi connectivity index (χ0v) is 15.9. The minimum absolute atomic E-state index is 0.0453. The summed E-state index contributed by atoms with van der Waals surface area (Å²) in [4.78, 5) is 27.5. The highest BCUT2D eigenvalue weighted by atomic mass is 16.1. The zero-order valence-electron chi connectivity index (χ0n) is 15.9. The highest BCUT2D eigenvalue weighted by molar-refractivity contribution is 5.76. The van der Waals surface area contributed by atoms with E-state index in [1.54, 1.807) is 0 Å². The van der Waals surface area contributed by atoms with Crippen LogP contribution in [-0.4, -0.2) is 31.0 Å². The van der Waals surface area contributed by atoms with Gasteiger partial charge < -0.3 is 9.55 Å². The van der Waals surface area contributed by atoms with Gasteiger partial charge in [0.2, 0.25) is 0 Å². The Balaban J connectivity index is 1.44. The molecule has 3 heterocycles. The number of hydrogen-bond donors (Lipinski definition) is 1. The third-order valence-electron chi connectivity index (χ3n) is 5.68. The Morgan fingerprint density at radius 1 is 1.22 bits per heavy atom. The molecule has 140 valence electrons. The predicted molar refractivity (Wildman–Crippen MR) is 105 cm³/mol. The standard InChI is InChI=1S/C21H25N5O/c1-13(2)26-18-6-4-3-5-17(18)22-19(26)12-25-10-9-16-15(11-25)21(27)24-20(23-16)14-7-8-14/h3-6,13-14H,7-12H2,1-2H3,(H,23,24,27). The Morgan fingerprint density at radius 3 is 2.81 bits per heavy atom. The van der Waals surface area contributed by atoms with Crippen LogP contribution in [0.3, 0.4) is 0 Å². The van der Waals surface area contributed by atoms with Crippen molar-refractivity contribution in [2.45, 2.75) is 58.2 Å². The summed E-state index contributed by atoms with van der Waals surface area (Å²) in [5, 5.41) is 0. The minimum atomic E-state index is 0.0453. The van der Waals surface area contributed by atoms with Gasteiger partial charge in [0, 0.05) is 31.5 Å². The summed E-state index contributed by atoms with van der Waals surface area (Å²) in [7, 11) is 0. The van der Waals surface area contributed by atoms with Crippen LogP contribution in [0.5, 0.6) is 0 Å². The SMILES string of the molecule is CC(C)n1c(CN2CCc3nc(C4CC4)[nH]c(=O)c3C2)nc2ccccc21. The van der Waals surface area contributed by atoms with Crippen LogP contribution in [0, 0.1) is 0 Å². The molecule has 2 aromatic heterocycles. The number of aromatic nitrogens is 4. The Hall–Kier alpha value is -2.47. The first kappa shape index (κ1) is 16.7. The van der Waals surface area contributed by atoms with Crippen molar-refractivity contribution in [1.29, 1.82) is 0 Å². The van der Waals surface area contributed by atoms with Crippen molar-refractivity contribution in [1.82, 2.24) is 24.4 Å². The molecule has 0 atom stereocenters. The van der Waals surface area contributed by atoms with Gasteiger partial charge in [0.05, 0.1) is 28.8 Å². The molecular weight excluding hydrogens is 338 g/mol. The molecule has 1 fully saturated rings. The molecular formula is C21H25N5O. The maximum absolute atomic E-state index is 12.6. The van der Waals surface area contributed by atoms with E-state index in [0.29, 0.717) is 18.5 Å². The van der Waals surface area contributed by atoms with Crippen molar-refractivity contribution >= 4 is 11.0 Å². The Bertz CT molecular complexity index is 1060. The van der Waals surface area contributed by atoms with Crippen molar-refractivity contribution in [3.05, 3.63) is 57.5 Å². The summed E-state index contributed by atoms with van der Waals surface area (Å²) in [6.07, 6.45) is 3.14. The van der Waals surface area contributed by atoms with E-state index >= 15 is 0 Å². The van der Waals surface area contributed by atoms with Gasteiger partial charge in [-0.2, -0.15) is 0 Å². The van der Waals surface area contributed by atoms with Crippen LogP contribution in [0.15, 0.2) is 29.1 Å². The van der Waals surface area contributed by atoms with E-state index in [4.69, 9.17) is 9.97 Å². The fourth-order valence-corrected chi connectivity index (χ4v) is 4.17. The highest BCUT2D eigenvalue weighted by Gasteiger charge is 2.29. The maximum atomic E-state index is 12.6. The molecule has 3 aromatic rings. The molecule has 5 rings (SSSR count). The number of nitrogens with one attached hydrogen (secondary N) is 1. The van der Waals surface area contributed by atoms with Gasteiger partial charge in [-0.3, -0.25) is 9.69 Å². The van der Waals surface area contributed by atoms with Gasteiger partial charge in [-0.1, -0.05) is 12.1 Å². The summed E-state index contributed by atoms with van der Waals surface area (Å²) in [6, 6.07) is 8.63. The number of fused-ring (bicyclic) bond motifs is 2. The van der Waals surface area contributed by atoms with E-state index < -0.39 is 0 Å². The molecule has 6 nitrogen and oxygen atoms in total. The number of imidazole rings is 1. The van der Waals surface area contributed by atoms with Crippen LogP contribution < -0.4 is 5.56 Å². The van der Waals surface area contributed by atoms with Gasteiger partial charge in [0.15, 0.2) is 0 Å². The fourth-order valence-electron chi connectivity index (χ4n) is 4.17. The van der Waals surface area contributed by atoms with Gasteiger partial charge in [-0.15, -0.1) is 0 Å². The third-order valence-corrected chi connectivity index (χ3v) is 5.68. The Morgan fingerprint density at radius 2 is 2.04 bits per heavy atom. The number of H-pyrrole nitrogens is 1. The molecule has 0 saturated heterocycles. The van der Waals surface area contributed by atoms with E-state index in [2.05, 4.69) is 46.5 Å². The van der Waals surface area contributed by atoms with Crippen LogP contribution in [0.25, 0.3) is 11.0 Å². The maximum Gasteiger partial charge on any atom is 0.255 e.